The first-order chi connectivity index (χ1) is 13.5. The average molecular weight is 406 g/mol. The van der Waals surface area contributed by atoms with Gasteiger partial charge in [-0.2, -0.15) is 0 Å². The van der Waals surface area contributed by atoms with E-state index in [9.17, 15) is 19.5 Å². The Hall–Kier alpha value is -1.89. The van der Waals surface area contributed by atoms with Crippen LogP contribution >= 0.6 is 11.3 Å². The van der Waals surface area contributed by atoms with Crippen molar-refractivity contribution < 1.29 is 24.2 Å². The fourth-order valence-electron chi connectivity index (χ4n) is 5.45. The van der Waals surface area contributed by atoms with E-state index in [-0.39, 0.29) is 24.3 Å². The van der Waals surface area contributed by atoms with Crippen LogP contribution in [0.2, 0.25) is 0 Å². The van der Waals surface area contributed by atoms with E-state index in [0.29, 0.717) is 10.6 Å². The monoisotopic (exact) mass is 405 g/mol. The number of aliphatic carboxylic acids is 1. The molecule has 2 atom stereocenters. The second kappa shape index (κ2) is 7.85. The number of carboxylic acids is 1. The Balaban J connectivity index is 1.63. The van der Waals surface area contributed by atoms with Gasteiger partial charge in [0.05, 0.1) is 24.0 Å². The van der Waals surface area contributed by atoms with Gasteiger partial charge in [-0.15, -0.1) is 11.3 Å². The lowest BCUT2D eigenvalue weighted by Gasteiger charge is -2.45. The molecule has 7 heteroatoms. The Morgan fingerprint density at radius 3 is 2.36 bits per heavy atom. The Morgan fingerprint density at radius 1 is 1.07 bits per heavy atom. The largest absolute Gasteiger partial charge is 0.481 e. The van der Waals surface area contributed by atoms with Crippen molar-refractivity contribution >= 4 is 34.2 Å². The van der Waals surface area contributed by atoms with Crippen LogP contribution in [-0.4, -0.2) is 29.6 Å². The second-order valence-corrected chi connectivity index (χ2v) is 9.29. The number of nitrogens with one attached hydrogen (secondary N) is 1. The molecule has 1 aromatic rings. The maximum absolute atomic E-state index is 13.2. The van der Waals surface area contributed by atoms with Crippen LogP contribution in [0.4, 0.5) is 5.00 Å². The van der Waals surface area contributed by atoms with Gasteiger partial charge in [-0.05, 0) is 75.7 Å². The van der Waals surface area contributed by atoms with Gasteiger partial charge in [0.1, 0.15) is 5.00 Å². The number of anilines is 1. The quantitative estimate of drug-likeness (QED) is 0.725. The van der Waals surface area contributed by atoms with Crippen molar-refractivity contribution in [2.24, 2.45) is 23.7 Å². The summed E-state index contributed by atoms with van der Waals surface area (Å²) in [6.45, 7) is 2.05. The zero-order chi connectivity index (χ0) is 19.8. The fraction of sp³-hybridized carbons (Fsp3) is 0.667. The minimum atomic E-state index is -0.870. The molecule has 3 fully saturated rings. The number of hydrogen-bond acceptors (Lipinski definition) is 5. The van der Waals surface area contributed by atoms with E-state index in [2.05, 4.69) is 5.32 Å². The summed E-state index contributed by atoms with van der Waals surface area (Å²) in [5.41, 5.74) is 1.49. The number of ether oxygens (including phenoxy) is 1. The highest BCUT2D eigenvalue weighted by Gasteiger charge is 2.50. The molecule has 0 aromatic carbocycles. The van der Waals surface area contributed by atoms with Crippen molar-refractivity contribution in [2.75, 3.05) is 11.9 Å². The van der Waals surface area contributed by atoms with E-state index >= 15 is 0 Å². The van der Waals surface area contributed by atoms with Crippen LogP contribution in [0.1, 0.15) is 66.2 Å². The van der Waals surface area contributed by atoms with Gasteiger partial charge in [-0.25, -0.2) is 4.79 Å². The molecule has 0 radical (unpaired) electrons. The summed E-state index contributed by atoms with van der Waals surface area (Å²) in [6.07, 6.45) is 7.46. The second-order valence-electron chi connectivity index (χ2n) is 8.19. The number of esters is 1. The molecule has 6 nitrogen and oxygen atoms in total. The van der Waals surface area contributed by atoms with Gasteiger partial charge in [0.15, 0.2) is 0 Å². The standard InChI is InChI=1S/C21H27NO5S/c1-2-27-21(26)17-13-5-3-4-6-14(13)28-19(17)22-18(23)15-11-7-9-12(10-8-11)16(15)20(24)25/h11-12,15-16H,2-10H2,1H3,(H,22,23)(H,24,25)/t11?,12?,15-,16-/m1/s1. The molecular weight excluding hydrogens is 378 g/mol. The van der Waals surface area contributed by atoms with Crippen LogP contribution < -0.4 is 5.32 Å². The van der Waals surface area contributed by atoms with Crippen molar-refractivity contribution in [3.63, 3.8) is 0 Å². The molecule has 2 N–H and O–H groups in total. The van der Waals surface area contributed by atoms with Gasteiger partial charge < -0.3 is 15.2 Å². The first kappa shape index (κ1) is 19.4. The van der Waals surface area contributed by atoms with E-state index in [0.717, 1.165) is 61.8 Å². The molecule has 2 bridgehead atoms. The summed E-state index contributed by atoms with van der Waals surface area (Å²) in [6, 6.07) is 0. The first-order valence-corrected chi connectivity index (χ1v) is 11.2. The lowest BCUT2D eigenvalue weighted by molar-refractivity contribution is -0.156. The fourth-order valence-corrected chi connectivity index (χ4v) is 6.73. The van der Waals surface area contributed by atoms with Gasteiger partial charge in [0.25, 0.3) is 0 Å². The van der Waals surface area contributed by atoms with E-state index in [1.54, 1.807) is 6.92 Å². The third-order valence-corrected chi connectivity index (χ3v) is 7.90. The highest BCUT2D eigenvalue weighted by atomic mass is 32.1. The molecule has 4 aliphatic rings. The predicted octanol–water partition coefficient (Wildman–Crippen LogP) is 3.88. The van der Waals surface area contributed by atoms with Gasteiger partial charge in [-0.3, -0.25) is 9.59 Å². The number of amides is 1. The third kappa shape index (κ3) is 3.34. The molecule has 28 heavy (non-hydrogen) atoms. The van der Waals surface area contributed by atoms with E-state index < -0.39 is 23.8 Å². The molecule has 4 aliphatic carbocycles. The molecule has 0 unspecified atom stereocenters. The first-order valence-electron chi connectivity index (χ1n) is 10.4. The Labute approximate surface area is 168 Å². The molecule has 0 spiro atoms. The van der Waals surface area contributed by atoms with Crippen LogP contribution in [-0.2, 0) is 27.2 Å². The van der Waals surface area contributed by atoms with E-state index in [1.807, 2.05) is 0 Å². The number of aryl methyl sites for hydroxylation is 1. The lowest BCUT2D eigenvalue weighted by Crippen LogP contribution is -2.49. The van der Waals surface area contributed by atoms with Gasteiger partial charge >= 0.3 is 11.9 Å². The molecule has 1 heterocycles. The molecule has 0 saturated heterocycles. The normalized spacial score (nSPS) is 28.5. The molecule has 3 saturated carbocycles. The smallest absolute Gasteiger partial charge is 0.341 e. The number of thiophene rings is 1. The number of carbonyl (C=O) groups excluding carboxylic acids is 2. The van der Waals surface area contributed by atoms with Gasteiger partial charge in [0, 0.05) is 4.88 Å². The van der Waals surface area contributed by atoms with Gasteiger partial charge in [-0.1, -0.05) is 0 Å². The van der Waals surface area contributed by atoms with Crippen molar-refractivity contribution in [1.29, 1.82) is 0 Å². The minimum Gasteiger partial charge on any atom is -0.481 e. The molecule has 0 aliphatic heterocycles. The Kier molecular flexibility index (Phi) is 5.45. The van der Waals surface area contributed by atoms with Crippen molar-refractivity contribution in [3.8, 4) is 0 Å². The van der Waals surface area contributed by atoms with Crippen molar-refractivity contribution in [1.82, 2.24) is 0 Å². The van der Waals surface area contributed by atoms with Crippen LogP contribution in [0.3, 0.4) is 0 Å². The minimum absolute atomic E-state index is 0.0827. The highest BCUT2D eigenvalue weighted by molar-refractivity contribution is 7.17. The molecular formula is C21H27NO5S. The number of hydrogen-bond donors (Lipinski definition) is 2. The SMILES string of the molecule is CCOC(=O)c1c(NC(=O)[C@@H]2C3CCC(CC3)[C@H]2C(=O)O)sc2c1CCCC2. The van der Waals surface area contributed by atoms with Crippen molar-refractivity contribution in [2.45, 2.75) is 58.3 Å². The van der Waals surface area contributed by atoms with E-state index in [1.165, 1.54) is 11.3 Å². The summed E-state index contributed by atoms with van der Waals surface area (Å²) in [5.74, 6) is -2.44. The third-order valence-electron chi connectivity index (χ3n) is 6.69. The number of carbonyl (C=O) groups is 3. The van der Waals surface area contributed by atoms with Crippen LogP contribution in [0.25, 0.3) is 0 Å². The Morgan fingerprint density at radius 2 is 1.71 bits per heavy atom. The van der Waals surface area contributed by atoms with Crippen LogP contribution in [0.15, 0.2) is 0 Å². The number of carboxylic acid groups (broad SMARTS) is 1. The summed E-state index contributed by atoms with van der Waals surface area (Å²) in [4.78, 5) is 38.8. The zero-order valence-electron chi connectivity index (χ0n) is 16.2. The maximum Gasteiger partial charge on any atom is 0.341 e. The summed E-state index contributed by atoms with van der Waals surface area (Å²) in [7, 11) is 0. The average Bonchev–Trinajstić information content (AvgIpc) is 3.06. The summed E-state index contributed by atoms with van der Waals surface area (Å²) < 4.78 is 5.25. The maximum atomic E-state index is 13.2. The highest BCUT2D eigenvalue weighted by Crippen LogP contribution is 2.49. The summed E-state index contributed by atoms with van der Waals surface area (Å²) in [5, 5.41) is 13.2. The van der Waals surface area contributed by atoms with Crippen LogP contribution in [0, 0.1) is 23.7 Å². The Bertz CT molecular complexity index is 793. The molecule has 5 rings (SSSR count). The molecule has 152 valence electrons. The van der Waals surface area contributed by atoms with E-state index in [4.69, 9.17) is 4.74 Å². The van der Waals surface area contributed by atoms with Gasteiger partial charge in [0.2, 0.25) is 5.91 Å². The number of fused-ring (bicyclic) bond motifs is 4. The zero-order valence-corrected chi connectivity index (χ0v) is 17.0. The topological polar surface area (TPSA) is 92.7 Å². The number of rotatable bonds is 5. The van der Waals surface area contributed by atoms with Crippen molar-refractivity contribution in [3.05, 3.63) is 16.0 Å². The predicted molar refractivity (Wildman–Crippen MR) is 106 cm³/mol. The molecule has 1 amide bonds. The molecule has 1 aromatic heterocycles. The summed E-state index contributed by atoms with van der Waals surface area (Å²) >= 11 is 1.46. The lowest BCUT2D eigenvalue weighted by atomic mass is 9.58. The van der Waals surface area contributed by atoms with Crippen LogP contribution in [0.5, 0.6) is 0 Å².